The van der Waals surface area contributed by atoms with E-state index in [1.54, 1.807) is 5.32 Å². The van der Waals surface area contributed by atoms with Crippen LogP contribution < -0.4 is 14.9 Å². The maximum Gasteiger partial charge on any atom is 0.435 e. The summed E-state index contributed by atoms with van der Waals surface area (Å²) in [6, 6.07) is -0.557. The van der Waals surface area contributed by atoms with Crippen molar-refractivity contribution >= 4 is 73.7 Å². The van der Waals surface area contributed by atoms with Crippen molar-refractivity contribution in [3.05, 3.63) is 93.0 Å². The molecule has 3 aromatic heterocycles. The number of aliphatic carboxylic acids is 1. The normalized spacial score (nSPS) is 17.3. The van der Waals surface area contributed by atoms with E-state index in [0.29, 0.717) is 12.3 Å². The van der Waals surface area contributed by atoms with E-state index in [2.05, 4.69) is 32.3 Å². The van der Waals surface area contributed by atoms with Gasteiger partial charge in [-0.15, -0.1) is 0 Å². The molecule has 2 unspecified atom stereocenters. The highest BCUT2D eigenvalue weighted by molar-refractivity contribution is 7.93. The van der Waals surface area contributed by atoms with Crippen LogP contribution in [0, 0.1) is 29.4 Å². The molecule has 4 atom stereocenters. The van der Waals surface area contributed by atoms with Crippen LogP contribution in [-0.4, -0.2) is 110 Å². The first-order valence-electron chi connectivity index (χ1n) is 21.6. The Labute approximate surface area is 427 Å². The van der Waals surface area contributed by atoms with E-state index in [4.69, 9.17) is 11.6 Å². The van der Waals surface area contributed by atoms with Gasteiger partial charge < -0.3 is 25.5 Å². The second-order valence-corrected chi connectivity index (χ2v) is 24.7. The maximum atomic E-state index is 15.6. The Kier molecular flexibility index (Phi) is 14.8. The Balaban J connectivity index is 1.49. The number of benzene rings is 2. The first-order chi connectivity index (χ1) is 34.7. The topological polar surface area (TPSA) is 273 Å². The zero-order valence-corrected chi connectivity index (χ0v) is 42.4. The number of halogens is 11. The molecule has 1 fully saturated rings. The van der Waals surface area contributed by atoms with Gasteiger partial charge in [-0.3, -0.25) is 18.7 Å². The molecule has 410 valence electrons. The van der Waals surface area contributed by atoms with Crippen molar-refractivity contribution < 1.29 is 94.6 Å². The predicted octanol–water partition coefficient (Wildman–Crippen LogP) is 6.40. The fourth-order valence-corrected chi connectivity index (χ4v) is 10.4. The van der Waals surface area contributed by atoms with E-state index in [-0.39, 0.29) is 25.7 Å². The molecule has 2 aromatic carbocycles. The van der Waals surface area contributed by atoms with Gasteiger partial charge >= 0.3 is 31.9 Å². The van der Waals surface area contributed by atoms with Gasteiger partial charge in [0.2, 0.25) is 15.9 Å². The maximum absolute atomic E-state index is 15.6. The third-order valence-electron chi connectivity index (χ3n) is 12.0. The van der Waals surface area contributed by atoms with Gasteiger partial charge in [0.05, 0.1) is 40.1 Å². The highest BCUT2D eigenvalue weighted by Crippen LogP contribution is 2.68. The number of pyridine rings is 1. The van der Waals surface area contributed by atoms with E-state index >= 15 is 8.78 Å². The van der Waals surface area contributed by atoms with Gasteiger partial charge in [0.15, 0.2) is 21.3 Å². The fraction of sp³-hybridized carbons (Fsp3) is 0.395. The molecule has 0 bridgehead atoms. The molecule has 5 aromatic rings. The van der Waals surface area contributed by atoms with Crippen LogP contribution in [0.1, 0.15) is 66.1 Å². The summed E-state index contributed by atoms with van der Waals surface area (Å²) in [4.78, 5) is 63.2. The lowest BCUT2D eigenvalue weighted by Gasteiger charge is -2.23. The summed E-state index contributed by atoms with van der Waals surface area (Å²) in [5.74, 6) is -8.91. The molecule has 5 N–H and O–H groups in total. The summed E-state index contributed by atoms with van der Waals surface area (Å²) in [6.07, 6.45) is -12.1. The monoisotopic (exact) mass is 1160 g/mol. The van der Waals surface area contributed by atoms with Gasteiger partial charge in [-0.1, -0.05) is 23.6 Å². The molecule has 2 aliphatic carbocycles. The van der Waals surface area contributed by atoms with E-state index in [0.717, 1.165) is 42.7 Å². The first-order valence-corrected chi connectivity index (χ1v) is 27.5. The molecule has 19 nitrogen and oxygen atoms in total. The van der Waals surface area contributed by atoms with Crippen molar-refractivity contribution in [3.63, 3.8) is 0 Å². The Hall–Kier alpha value is -6.32. The fourth-order valence-electron chi connectivity index (χ4n) is 8.43. The molecule has 7 rings (SSSR count). The van der Waals surface area contributed by atoms with E-state index in [1.807, 2.05) is 0 Å². The first kappa shape index (κ1) is 57.4. The summed E-state index contributed by atoms with van der Waals surface area (Å²) >= 11 is 6.55. The van der Waals surface area contributed by atoms with Crippen LogP contribution in [0.15, 0.2) is 42.5 Å². The van der Waals surface area contributed by atoms with E-state index < -0.39 is 191 Å². The number of rotatable bonds is 15. The molecule has 0 saturated heterocycles. The lowest BCUT2D eigenvalue weighted by Crippen LogP contribution is -2.51. The Morgan fingerprint density at radius 3 is 2.12 bits per heavy atom. The zero-order valence-electron chi connectivity index (χ0n) is 39.1. The van der Waals surface area contributed by atoms with Crippen LogP contribution in [-0.2, 0) is 65.6 Å². The average molecular weight is 1160 g/mol. The molecule has 33 heteroatoms. The number of carboxylic acids is 1. The Morgan fingerprint density at radius 2 is 1.57 bits per heavy atom. The third kappa shape index (κ3) is 12.0. The predicted molar refractivity (Wildman–Crippen MR) is 247 cm³/mol. The zero-order chi connectivity index (χ0) is 56.8. The summed E-state index contributed by atoms with van der Waals surface area (Å²) < 4.78 is 209. The summed E-state index contributed by atoms with van der Waals surface area (Å²) in [7, 11) is -14.4. The minimum Gasteiger partial charge on any atom is -0.480 e. The second-order valence-electron chi connectivity index (χ2n) is 18.2. The smallest absolute Gasteiger partial charge is 0.435 e. The quantitative estimate of drug-likeness (QED) is 0.0432. The summed E-state index contributed by atoms with van der Waals surface area (Å²) in [5, 5.41) is 19.1. The van der Waals surface area contributed by atoms with Crippen molar-refractivity contribution in [1.82, 2.24) is 35.2 Å². The van der Waals surface area contributed by atoms with Crippen LogP contribution in [0.4, 0.5) is 54.5 Å². The summed E-state index contributed by atoms with van der Waals surface area (Å²) in [5.41, 5.74) is -6.82. The van der Waals surface area contributed by atoms with E-state index in [1.165, 1.54) is 13.8 Å². The number of anilines is 1. The molecule has 2 aliphatic rings. The number of alkyl halides is 8. The Bertz CT molecular complexity index is 3580. The number of amides is 3. The number of nitrogens with one attached hydrogen (secondary N) is 2. The van der Waals surface area contributed by atoms with Gasteiger partial charge in [0, 0.05) is 34.9 Å². The number of carbonyl (C=O) groups is 3. The number of sulfonamides is 1. The lowest BCUT2D eigenvalue weighted by atomic mass is 9.93. The molecular weight excluding hydrogens is 1130 g/mol. The van der Waals surface area contributed by atoms with Crippen LogP contribution >= 0.6 is 19.2 Å². The molecule has 0 aliphatic heterocycles. The highest BCUT2D eigenvalue weighted by atomic mass is 35.5. The van der Waals surface area contributed by atoms with Crippen molar-refractivity contribution in [2.24, 2.45) is 5.92 Å². The molecule has 3 amide bonds. The minimum atomic E-state index is -5.30. The van der Waals surface area contributed by atoms with Crippen molar-refractivity contribution in [1.29, 1.82) is 0 Å². The summed E-state index contributed by atoms with van der Waals surface area (Å²) in [6.45, 7) is -1.15. The van der Waals surface area contributed by atoms with E-state index in [9.17, 15) is 85.8 Å². The molecule has 0 spiro atoms. The van der Waals surface area contributed by atoms with Crippen LogP contribution in [0.25, 0.3) is 22.0 Å². The van der Waals surface area contributed by atoms with Gasteiger partial charge in [0.25, 0.3) is 5.92 Å². The van der Waals surface area contributed by atoms with Gasteiger partial charge in [0.1, 0.15) is 46.9 Å². The van der Waals surface area contributed by atoms with Gasteiger partial charge in [-0.05, 0) is 74.4 Å². The van der Waals surface area contributed by atoms with Crippen LogP contribution in [0.5, 0.6) is 0 Å². The van der Waals surface area contributed by atoms with Gasteiger partial charge in [-0.25, -0.2) is 40.2 Å². The minimum absolute atomic E-state index is 0.0740. The van der Waals surface area contributed by atoms with Crippen LogP contribution in [0.3, 0.4) is 0 Å². The number of fused-ring (bicyclic) bond motifs is 4. The van der Waals surface area contributed by atoms with Crippen molar-refractivity contribution in [2.75, 3.05) is 23.0 Å². The average Bonchev–Trinajstić information content (AvgIpc) is 3.76. The molecular formula is C43H38ClF10N8O11PS2. The van der Waals surface area contributed by atoms with Gasteiger partial charge in [-0.2, -0.15) is 49.6 Å². The Morgan fingerprint density at radius 1 is 0.947 bits per heavy atom. The molecule has 3 heterocycles. The number of hydrogen-bond acceptors (Lipinski definition) is 11. The lowest BCUT2D eigenvalue weighted by molar-refractivity contribution is -0.143. The van der Waals surface area contributed by atoms with Crippen molar-refractivity contribution in [2.45, 2.75) is 80.8 Å². The molecule has 1 saturated carbocycles. The highest BCUT2D eigenvalue weighted by Gasteiger charge is 2.68. The SMILES string of the molecule is CC(C)(C#Cc1ccc(-c2ccc(Cl)c3c(N(C(=O)NC(CP(=O)(O)O)C(=O)O)S(C)(=O)=O)nn(CC(F)(F)F)c23)c(C(Cc2cc(F)cc(F)c2)NC(=O)Cn2nc(C(F)(F)F)c3c2C(F)(F)[C@@H]2C[C@H]32)n1)S(C)(=O)=O. The molecule has 76 heavy (non-hydrogen) atoms. The number of aromatic nitrogens is 5. The number of carboxylic acid groups (broad SMARTS) is 1. The molecule has 0 radical (unpaired) electrons. The number of urea groups is 1. The number of nitrogens with zero attached hydrogens (tertiary/aromatic N) is 6. The number of sulfone groups is 1. The van der Waals surface area contributed by atoms with Crippen LogP contribution in [0.2, 0.25) is 5.02 Å². The standard InChI is InChI=1S/C43H38ClF10N8O11PS2/c1-40(2,75(3,70)71)10-9-22-5-6-23(24-7-8-27(44)32-34(24)61(18-41(47,48)49)59-37(32)62(76(4,72)73)39(66)57-29(38(64)65)17-74(67,68)69)33(55-22)28(13-19-11-20(45)14-21(46)12-19)56-30(63)16-60-36-31(35(58-60)43(52,53)54)25-15-26(25)42(36,50)51/h5-8,11-12,14,25-26,28-29H,13,15-18H2,1-4H3,(H,56,63)(H,57,66)(H,64,65)(H2,67,68,69)/t25-,26+,28?,29?/m0/s1. The number of hydrogen-bond donors (Lipinski definition) is 5. The second kappa shape index (κ2) is 19.6. The third-order valence-corrected chi connectivity index (χ3v) is 16.1. The van der Waals surface area contributed by atoms with Crippen molar-refractivity contribution in [3.8, 4) is 23.0 Å². The largest absolute Gasteiger partial charge is 0.480 e. The number of carbonyl (C=O) groups excluding carboxylic acids is 2.